The molecule has 1 rings (SSSR count). The first kappa shape index (κ1) is 15.0. The molecular formula is C15H26N2O. The second-order valence-electron chi connectivity index (χ2n) is 4.59. The first-order chi connectivity index (χ1) is 8.71. The van der Waals surface area contributed by atoms with E-state index in [1.807, 2.05) is 13.0 Å². The fourth-order valence-corrected chi connectivity index (χ4v) is 1.95. The molecule has 0 unspecified atom stereocenters. The Kier molecular flexibility index (Phi) is 6.76. The second kappa shape index (κ2) is 8.11. The molecular weight excluding hydrogens is 224 g/mol. The molecule has 1 heterocycles. The first-order valence-corrected chi connectivity index (χ1v) is 6.83. The van der Waals surface area contributed by atoms with Crippen molar-refractivity contribution in [3.05, 3.63) is 35.8 Å². The third-order valence-corrected chi connectivity index (χ3v) is 3.03. The Morgan fingerprint density at radius 2 is 2.22 bits per heavy atom. The maximum Gasteiger partial charge on any atom is 0.118 e. The molecule has 0 aliphatic rings. The van der Waals surface area contributed by atoms with Gasteiger partial charge in [-0.2, -0.15) is 0 Å². The molecule has 18 heavy (non-hydrogen) atoms. The lowest BCUT2D eigenvalue weighted by atomic mass is 10.2. The largest absolute Gasteiger partial charge is 0.465 e. The average molecular weight is 250 g/mol. The van der Waals surface area contributed by atoms with Crippen LogP contribution in [0.25, 0.3) is 0 Å². The predicted molar refractivity (Wildman–Crippen MR) is 76.6 cm³/mol. The van der Waals surface area contributed by atoms with Crippen molar-refractivity contribution in [2.75, 3.05) is 19.6 Å². The van der Waals surface area contributed by atoms with Crippen LogP contribution >= 0.6 is 0 Å². The maximum atomic E-state index is 5.77. The highest BCUT2D eigenvalue weighted by Crippen LogP contribution is 2.16. The van der Waals surface area contributed by atoms with Crippen LogP contribution in [0.4, 0.5) is 0 Å². The Balaban J connectivity index is 2.57. The average Bonchev–Trinajstić information content (AvgIpc) is 2.70. The van der Waals surface area contributed by atoms with Crippen molar-refractivity contribution >= 4 is 0 Å². The van der Waals surface area contributed by atoms with Gasteiger partial charge in [-0.15, -0.1) is 6.58 Å². The zero-order valence-electron chi connectivity index (χ0n) is 12.0. The van der Waals surface area contributed by atoms with Gasteiger partial charge < -0.3 is 9.73 Å². The zero-order chi connectivity index (χ0) is 13.4. The molecule has 0 spiro atoms. The van der Waals surface area contributed by atoms with Gasteiger partial charge in [-0.05, 0) is 32.5 Å². The lowest BCUT2D eigenvalue weighted by Crippen LogP contribution is -2.22. The van der Waals surface area contributed by atoms with Crippen LogP contribution in [-0.4, -0.2) is 24.5 Å². The molecule has 1 N–H and O–H groups in total. The van der Waals surface area contributed by atoms with Gasteiger partial charge in [0.05, 0.1) is 6.54 Å². The summed E-state index contributed by atoms with van der Waals surface area (Å²) < 4.78 is 5.77. The molecule has 3 heteroatoms. The van der Waals surface area contributed by atoms with E-state index in [0.717, 1.165) is 50.7 Å². The van der Waals surface area contributed by atoms with Gasteiger partial charge >= 0.3 is 0 Å². The summed E-state index contributed by atoms with van der Waals surface area (Å²) in [5.74, 6) is 2.07. The van der Waals surface area contributed by atoms with Crippen LogP contribution in [0.3, 0.4) is 0 Å². The molecule has 0 radical (unpaired) electrons. The molecule has 0 aromatic carbocycles. The van der Waals surface area contributed by atoms with Crippen molar-refractivity contribution in [2.45, 2.75) is 40.3 Å². The smallest absolute Gasteiger partial charge is 0.118 e. The quantitative estimate of drug-likeness (QED) is 0.539. The third-order valence-electron chi connectivity index (χ3n) is 3.03. The first-order valence-electron chi connectivity index (χ1n) is 6.83. The molecule has 1 aromatic heterocycles. The van der Waals surface area contributed by atoms with E-state index in [0.29, 0.717) is 0 Å². The van der Waals surface area contributed by atoms with Gasteiger partial charge in [0.15, 0.2) is 0 Å². The second-order valence-corrected chi connectivity index (χ2v) is 4.59. The summed E-state index contributed by atoms with van der Waals surface area (Å²) in [6.45, 7) is 14.9. The number of nitrogens with zero attached hydrogens (tertiary/aromatic N) is 1. The van der Waals surface area contributed by atoms with Crippen LogP contribution in [0.5, 0.6) is 0 Å². The van der Waals surface area contributed by atoms with Gasteiger partial charge in [-0.25, -0.2) is 0 Å². The lowest BCUT2D eigenvalue weighted by Gasteiger charge is -2.17. The summed E-state index contributed by atoms with van der Waals surface area (Å²) in [6.07, 6.45) is 3.10. The summed E-state index contributed by atoms with van der Waals surface area (Å²) in [5, 5.41) is 3.36. The van der Waals surface area contributed by atoms with Gasteiger partial charge in [0.25, 0.3) is 0 Å². The molecule has 0 aliphatic carbocycles. The van der Waals surface area contributed by atoms with E-state index in [1.54, 1.807) is 0 Å². The molecule has 3 nitrogen and oxygen atoms in total. The highest BCUT2D eigenvalue weighted by atomic mass is 16.3. The standard InChI is InChI=1S/C15H26N2O/c1-5-8-16-11-15-10-14(13(4)18-15)12-17(7-3)9-6-2/h6,10,16H,2,5,7-9,11-12H2,1,3-4H3. The van der Waals surface area contributed by atoms with E-state index < -0.39 is 0 Å². The number of hydrogen-bond donors (Lipinski definition) is 1. The Bertz CT molecular complexity index is 357. The van der Waals surface area contributed by atoms with Gasteiger partial charge in [0.1, 0.15) is 11.5 Å². The van der Waals surface area contributed by atoms with Crippen molar-refractivity contribution in [2.24, 2.45) is 0 Å². The minimum atomic E-state index is 0.822. The number of furan rings is 1. The summed E-state index contributed by atoms with van der Waals surface area (Å²) in [6, 6.07) is 2.17. The fraction of sp³-hybridized carbons (Fsp3) is 0.600. The number of aryl methyl sites for hydroxylation is 1. The molecule has 0 saturated heterocycles. The Morgan fingerprint density at radius 3 is 2.83 bits per heavy atom. The van der Waals surface area contributed by atoms with Gasteiger partial charge in [0.2, 0.25) is 0 Å². The molecule has 0 aliphatic heterocycles. The Hall–Kier alpha value is -1.06. The van der Waals surface area contributed by atoms with Gasteiger partial charge in [-0.1, -0.05) is 19.9 Å². The van der Waals surface area contributed by atoms with E-state index in [-0.39, 0.29) is 0 Å². The summed E-state index contributed by atoms with van der Waals surface area (Å²) in [5.41, 5.74) is 1.28. The van der Waals surface area contributed by atoms with E-state index in [4.69, 9.17) is 4.42 Å². The molecule has 102 valence electrons. The summed E-state index contributed by atoms with van der Waals surface area (Å²) >= 11 is 0. The van der Waals surface area contributed by atoms with Crippen molar-refractivity contribution in [1.82, 2.24) is 10.2 Å². The molecule has 1 aromatic rings. The van der Waals surface area contributed by atoms with Gasteiger partial charge in [0, 0.05) is 18.7 Å². The topological polar surface area (TPSA) is 28.4 Å². The Labute approximate surface area is 111 Å². The van der Waals surface area contributed by atoms with E-state index in [1.165, 1.54) is 5.56 Å². The monoisotopic (exact) mass is 250 g/mol. The van der Waals surface area contributed by atoms with E-state index in [2.05, 4.69) is 36.7 Å². The van der Waals surface area contributed by atoms with Crippen LogP contribution in [0, 0.1) is 6.92 Å². The van der Waals surface area contributed by atoms with Gasteiger partial charge in [-0.3, -0.25) is 4.90 Å². The molecule has 0 saturated carbocycles. The molecule has 0 atom stereocenters. The number of rotatable bonds is 9. The zero-order valence-corrected chi connectivity index (χ0v) is 12.0. The van der Waals surface area contributed by atoms with Crippen LogP contribution in [-0.2, 0) is 13.1 Å². The minimum absolute atomic E-state index is 0.822. The number of nitrogens with one attached hydrogen (secondary N) is 1. The normalized spacial score (nSPS) is 11.1. The fourth-order valence-electron chi connectivity index (χ4n) is 1.95. The van der Waals surface area contributed by atoms with Crippen molar-refractivity contribution < 1.29 is 4.42 Å². The Morgan fingerprint density at radius 1 is 1.44 bits per heavy atom. The summed E-state index contributed by atoms with van der Waals surface area (Å²) in [7, 11) is 0. The van der Waals surface area contributed by atoms with Crippen LogP contribution in [0.2, 0.25) is 0 Å². The van der Waals surface area contributed by atoms with Crippen molar-refractivity contribution in [1.29, 1.82) is 0 Å². The SMILES string of the molecule is C=CCN(CC)Cc1cc(CNCCC)oc1C. The summed E-state index contributed by atoms with van der Waals surface area (Å²) in [4.78, 5) is 2.34. The van der Waals surface area contributed by atoms with E-state index in [9.17, 15) is 0 Å². The third kappa shape index (κ3) is 4.67. The van der Waals surface area contributed by atoms with Crippen LogP contribution in [0.1, 0.15) is 37.4 Å². The van der Waals surface area contributed by atoms with Crippen molar-refractivity contribution in [3.63, 3.8) is 0 Å². The minimum Gasteiger partial charge on any atom is -0.465 e. The molecule has 0 amide bonds. The highest BCUT2D eigenvalue weighted by molar-refractivity contribution is 5.20. The van der Waals surface area contributed by atoms with E-state index >= 15 is 0 Å². The molecule has 0 fully saturated rings. The van der Waals surface area contributed by atoms with Crippen LogP contribution < -0.4 is 5.32 Å². The van der Waals surface area contributed by atoms with Crippen LogP contribution in [0.15, 0.2) is 23.1 Å². The maximum absolute atomic E-state index is 5.77. The number of hydrogen-bond acceptors (Lipinski definition) is 3. The predicted octanol–water partition coefficient (Wildman–Crippen LogP) is 3.10. The highest BCUT2D eigenvalue weighted by Gasteiger charge is 2.10. The van der Waals surface area contributed by atoms with Crippen molar-refractivity contribution in [3.8, 4) is 0 Å². The number of likely N-dealkylation sites (N-methyl/N-ethyl adjacent to an activating group) is 1. The molecule has 0 bridgehead atoms. The lowest BCUT2D eigenvalue weighted by molar-refractivity contribution is 0.308.